The van der Waals surface area contributed by atoms with Crippen molar-refractivity contribution in [3.05, 3.63) is 75.7 Å². The lowest BCUT2D eigenvalue weighted by molar-refractivity contribution is 0.0526. The molecule has 0 aliphatic rings. The van der Waals surface area contributed by atoms with Gasteiger partial charge in [0.1, 0.15) is 10.8 Å². The van der Waals surface area contributed by atoms with Crippen molar-refractivity contribution in [1.29, 1.82) is 0 Å². The quantitative estimate of drug-likeness (QED) is 0.440. The van der Waals surface area contributed by atoms with E-state index >= 15 is 0 Å². The number of carbonyl (C=O) groups is 4. The Labute approximate surface area is 206 Å². The molecule has 10 heteroatoms. The number of ether oxygens (including phenoxy) is 3. The number of hydrogen-bond acceptors (Lipinski definition) is 8. The monoisotopic (exact) mass is 496 g/mol. The summed E-state index contributed by atoms with van der Waals surface area (Å²) in [5.41, 5.74) is 1.19. The Bertz CT molecular complexity index is 1270. The number of anilines is 2. The van der Waals surface area contributed by atoms with Crippen molar-refractivity contribution in [2.24, 2.45) is 0 Å². The molecule has 2 aromatic carbocycles. The molecule has 0 atom stereocenters. The number of benzene rings is 2. The van der Waals surface area contributed by atoms with Crippen LogP contribution in [0.2, 0.25) is 0 Å². The van der Waals surface area contributed by atoms with Crippen molar-refractivity contribution in [2.45, 2.75) is 13.8 Å². The number of hydrogen-bond donors (Lipinski definition) is 2. The van der Waals surface area contributed by atoms with Crippen molar-refractivity contribution in [1.82, 2.24) is 0 Å². The Kier molecular flexibility index (Phi) is 8.21. The number of para-hydroxylation sites is 1. The van der Waals surface area contributed by atoms with Gasteiger partial charge in [0.2, 0.25) is 0 Å². The van der Waals surface area contributed by atoms with Gasteiger partial charge >= 0.3 is 11.9 Å². The predicted octanol–water partition coefficient (Wildman–Crippen LogP) is 4.53. The molecule has 9 nitrogen and oxygen atoms in total. The summed E-state index contributed by atoms with van der Waals surface area (Å²) in [6.07, 6.45) is 0. The van der Waals surface area contributed by atoms with Crippen LogP contribution in [0.3, 0.4) is 0 Å². The minimum absolute atomic E-state index is 0.0881. The van der Waals surface area contributed by atoms with Gasteiger partial charge in [-0.3, -0.25) is 9.59 Å². The topological polar surface area (TPSA) is 120 Å². The van der Waals surface area contributed by atoms with Gasteiger partial charge in [-0.15, -0.1) is 11.3 Å². The van der Waals surface area contributed by atoms with Crippen LogP contribution in [0.25, 0.3) is 0 Å². The maximum atomic E-state index is 13.1. The second kappa shape index (κ2) is 11.3. The van der Waals surface area contributed by atoms with E-state index in [-0.39, 0.29) is 33.3 Å². The maximum absolute atomic E-state index is 13.1. The van der Waals surface area contributed by atoms with Crippen LogP contribution in [0.4, 0.5) is 10.7 Å². The Morgan fingerprint density at radius 1 is 0.886 bits per heavy atom. The van der Waals surface area contributed by atoms with E-state index in [1.165, 1.54) is 20.3 Å². The average Bonchev–Trinajstić information content (AvgIpc) is 3.19. The van der Waals surface area contributed by atoms with Crippen molar-refractivity contribution in [3.63, 3.8) is 0 Å². The molecule has 1 aromatic heterocycles. The summed E-state index contributed by atoms with van der Waals surface area (Å²) in [6.45, 7) is 3.37. The molecule has 2 N–H and O–H groups in total. The second-order valence-corrected chi connectivity index (χ2v) is 8.18. The molecule has 182 valence electrons. The third-order valence-corrected chi connectivity index (χ3v) is 6.20. The van der Waals surface area contributed by atoms with E-state index in [4.69, 9.17) is 14.2 Å². The molecule has 0 radical (unpaired) electrons. The van der Waals surface area contributed by atoms with Gasteiger partial charge in [0.15, 0.2) is 0 Å². The van der Waals surface area contributed by atoms with Gasteiger partial charge in [0, 0.05) is 5.56 Å². The minimum atomic E-state index is -0.666. The highest BCUT2D eigenvalue weighted by molar-refractivity contribution is 7.19. The summed E-state index contributed by atoms with van der Waals surface area (Å²) in [5, 5.41) is 5.56. The molecule has 3 rings (SSSR count). The van der Waals surface area contributed by atoms with Crippen molar-refractivity contribution >= 4 is 45.8 Å². The third kappa shape index (κ3) is 5.67. The van der Waals surface area contributed by atoms with Crippen LogP contribution in [0.15, 0.2) is 48.5 Å². The van der Waals surface area contributed by atoms with Gasteiger partial charge in [-0.1, -0.05) is 12.1 Å². The first kappa shape index (κ1) is 25.4. The van der Waals surface area contributed by atoms with Crippen LogP contribution < -0.4 is 15.4 Å². The molecule has 0 saturated heterocycles. The summed E-state index contributed by atoms with van der Waals surface area (Å²) in [6, 6.07) is 12.8. The standard InChI is InChI=1S/C25H24N2O7S/c1-5-34-25(31)19-14(2)20(22(29)26-18-9-7-6-8-17(18)24(30)33-4)35-23(19)27-21(28)15-10-12-16(32-3)13-11-15/h6-13H,5H2,1-4H3,(H,26,29)(H,27,28). The highest BCUT2D eigenvalue weighted by atomic mass is 32.1. The molecular formula is C25H24N2O7S. The fourth-order valence-electron chi connectivity index (χ4n) is 3.24. The first-order chi connectivity index (χ1) is 16.8. The Balaban J connectivity index is 1.95. The Morgan fingerprint density at radius 2 is 1.57 bits per heavy atom. The number of carbonyl (C=O) groups excluding carboxylic acids is 4. The summed E-state index contributed by atoms with van der Waals surface area (Å²) >= 11 is 0.933. The lowest BCUT2D eigenvalue weighted by Crippen LogP contribution is -2.16. The van der Waals surface area contributed by atoms with E-state index in [9.17, 15) is 19.2 Å². The smallest absolute Gasteiger partial charge is 0.341 e. The molecule has 0 aliphatic heterocycles. The van der Waals surface area contributed by atoms with Gasteiger partial charge < -0.3 is 24.8 Å². The first-order valence-corrected chi connectivity index (χ1v) is 11.4. The SMILES string of the molecule is CCOC(=O)c1c(NC(=O)c2ccc(OC)cc2)sc(C(=O)Nc2ccccc2C(=O)OC)c1C. The Morgan fingerprint density at radius 3 is 2.20 bits per heavy atom. The molecular weight excluding hydrogens is 472 g/mol. The number of methoxy groups -OCH3 is 2. The fraction of sp³-hybridized carbons (Fsp3) is 0.200. The number of amides is 2. The van der Waals surface area contributed by atoms with Crippen molar-refractivity contribution in [3.8, 4) is 5.75 Å². The summed E-state index contributed by atoms with van der Waals surface area (Å²) in [4.78, 5) is 50.9. The summed E-state index contributed by atoms with van der Waals surface area (Å²) < 4.78 is 15.0. The zero-order valence-corrected chi connectivity index (χ0v) is 20.4. The van der Waals surface area contributed by atoms with Crippen LogP contribution in [0, 0.1) is 6.92 Å². The first-order valence-electron chi connectivity index (χ1n) is 10.5. The molecule has 0 spiro atoms. The molecule has 2 amide bonds. The number of thiophene rings is 1. The predicted molar refractivity (Wildman–Crippen MR) is 132 cm³/mol. The molecule has 35 heavy (non-hydrogen) atoms. The van der Waals surface area contributed by atoms with Crippen molar-refractivity contribution in [2.75, 3.05) is 31.5 Å². The van der Waals surface area contributed by atoms with E-state index < -0.39 is 23.8 Å². The Hall–Kier alpha value is -4.18. The molecule has 0 bridgehead atoms. The minimum Gasteiger partial charge on any atom is -0.497 e. The zero-order valence-electron chi connectivity index (χ0n) is 19.6. The zero-order chi connectivity index (χ0) is 25.5. The number of rotatable bonds is 8. The van der Waals surface area contributed by atoms with Crippen LogP contribution in [0.5, 0.6) is 5.75 Å². The van der Waals surface area contributed by atoms with Gasteiger partial charge in [0.05, 0.1) is 42.5 Å². The van der Waals surface area contributed by atoms with Crippen LogP contribution in [0.1, 0.15) is 53.2 Å². The van der Waals surface area contributed by atoms with E-state index in [0.717, 1.165) is 11.3 Å². The van der Waals surface area contributed by atoms with Gasteiger partial charge in [-0.2, -0.15) is 0 Å². The maximum Gasteiger partial charge on any atom is 0.341 e. The summed E-state index contributed by atoms with van der Waals surface area (Å²) in [7, 11) is 2.76. The molecule has 3 aromatic rings. The fourth-order valence-corrected chi connectivity index (χ4v) is 4.33. The highest BCUT2D eigenvalue weighted by Gasteiger charge is 2.27. The molecule has 1 heterocycles. The largest absolute Gasteiger partial charge is 0.497 e. The van der Waals surface area contributed by atoms with E-state index in [0.29, 0.717) is 16.9 Å². The number of nitrogens with one attached hydrogen (secondary N) is 2. The van der Waals surface area contributed by atoms with Crippen LogP contribution >= 0.6 is 11.3 Å². The van der Waals surface area contributed by atoms with Crippen molar-refractivity contribution < 1.29 is 33.4 Å². The molecule has 0 saturated carbocycles. The van der Waals surface area contributed by atoms with Crippen LogP contribution in [-0.4, -0.2) is 44.6 Å². The normalized spacial score (nSPS) is 10.3. The lowest BCUT2D eigenvalue weighted by atomic mass is 10.1. The summed E-state index contributed by atoms with van der Waals surface area (Å²) in [5.74, 6) is -1.71. The van der Waals surface area contributed by atoms with E-state index in [2.05, 4.69) is 10.6 Å². The second-order valence-electron chi connectivity index (χ2n) is 7.15. The van der Waals surface area contributed by atoms with E-state index in [1.807, 2.05) is 0 Å². The average molecular weight is 497 g/mol. The molecule has 0 unspecified atom stereocenters. The van der Waals surface area contributed by atoms with Gasteiger partial charge in [-0.25, -0.2) is 9.59 Å². The highest BCUT2D eigenvalue weighted by Crippen LogP contribution is 2.35. The molecule has 0 fully saturated rings. The number of esters is 2. The van der Waals surface area contributed by atoms with E-state index in [1.54, 1.807) is 56.3 Å². The van der Waals surface area contributed by atoms with Crippen LogP contribution in [-0.2, 0) is 9.47 Å². The third-order valence-electron chi connectivity index (χ3n) is 4.99. The van der Waals surface area contributed by atoms with Gasteiger partial charge in [0.25, 0.3) is 11.8 Å². The lowest BCUT2D eigenvalue weighted by Gasteiger charge is -2.09. The molecule has 0 aliphatic carbocycles. The van der Waals surface area contributed by atoms with Gasteiger partial charge in [-0.05, 0) is 55.8 Å².